The monoisotopic (exact) mass is 234 g/mol. The van der Waals surface area contributed by atoms with Gasteiger partial charge >= 0.3 is 6.03 Å². The third-order valence-corrected chi connectivity index (χ3v) is 2.29. The quantitative estimate of drug-likeness (QED) is 0.698. The molecule has 6 heteroatoms. The van der Waals surface area contributed by atoms with Gasteiger partial charge in [0.25, 0.3) is 0 Å². The number of aromatic amines is 1. The molecule has 0 spiro atoms. The average molecular weight is 234 g/mol. The molecule has 0 bridgehead atoms. The summed E-state index contributed by atoms with van der Waals surface area (Å²) in [5, 5.41) is 13.2. The number of nitrogens with zero attached hydrogens (tertiary/aromatic N) is 1. The second-order valence-electron chi connectivity index (χ2n) is 3.55. The van der Waals surface area contributed by atoms with Gasteiger partial charge in [0.1, 0.15) is 0 Å². The van der Waals surface area contributed by atoms with E-state index in [1.807, 2.05) is 18.2 Å². The molecular weight excluding hydrogens is 220 g/mol. The second kappa shape index (κ2) is 5.31. The van der Waals surface area contributed by atoms with E-state index in [1.54, 1.807) is 13.3 Å². The number of ether oxygens (including phenoxy) is 1. The second-order valence-corrected chi connectivity index (χ2v) is 3.55. The molecular formula is C11H14N4O2. The number of carbonyl (C=O) groups excluding carboxylic acids is 1. The van der Waals surface area contributed by atoms with Crippen molar-refractivity contribution in [3.8, 4) is 0 Å². The van der Waals surface area contributed by atoms with E-state index in [1.165, 1.54) is 0 Å². The molecule has 1 aromatic carbocycles. The Balaban J connectivity index is 1.95. The maximum Gasteiger partial charge on any atom is 0.319 e. The molecule has 6 nitrogen and oxygen atoms in total. The summed E-state index contributed by atoms with van der Waals surface area (Å²) in [6.45, 7) is 0.974. The molecule has 1 heterocycles. The summed E-state index contributed by atoms with van der Waals surface area (Å²) in [5.74, 6) is 0. The van der Waals surface area contributed by atoms with Crippen LogP contribution in [0, 0.1) is 0 Å². The molecule has 0 radical (unpaired) electrons. The number of benzene rings is 1. The summed E-state index contributed by atoms with van der Waals surface area (Å²) in [6, 6.07) is 5.30. The highest BCUT2D eigenvalue weighted by atomic mass is 16.5. The van der Waals surface area contributed by atoms with Crippen molar-refractivity contribution in [3.05, 3.63) is 24.4 Å². The molecule has 0 atom stereocenters. The Morgan fingerprint density at radius 2 is 2.41 bits per heavy atom. The lowest BCUT2D eigenvalue weighted by Crippen LogP contribution is -2.31. The first kappa shape index (κ1) is 11.4. The van der Waals surface area contributed by atoms with Crippen LogP contribution in [-0.4, -0.2) is 36.5 Å². The van der Waals surface area contributed by atoms with Gasteiger partial charge in [-0.05, 0) is 18.2 Å². The van der Waals surface area contributed by atoms with Crippen molar-refractivity contribution < 1.29 is 9.53 Å². The van der Waals surface area contributed by atoms with E-state index in [-0.39, 0.29) is 6.03 Å². The van der Waals surface area contributed by atoms with Crippen molar-refractivity contribution in [1.29, 1.82) is 0 Å². The topological polar surface area (TPSA) is 79.0 Å². The van der Waals surface area contributed by atoms with Crippen LogP contribution in [0.5, 0.6) is 0 Å². The summed E-state index contributed by atoms with van der Waals surface area (Å²) < 4.78 is 4.83. The normalized spacial score (nSPS) is 10.4. The van der Waals surface area contributed by atoms with E-state index < -0.39 is 0 Å². The third-order valence-electron chi connectivity index (χ3n) is 2.29. The first-order valence-corrected chi connectivity index (χ1v) is 5.26. The standard InChI is InChI=1S/C11H14N4O2/c1-17-5-4-12-11(16)14-9-3-2-8-7-13-15-10(8)6-9/h2-3,6-7H,4-5H2,1H3,(H,13,15)(H2,12,14,16). The predicted molar refractivity (Wildman–Crippen MR) is 65.0 cm³/mol. The molecule has 0 aliphatic rings. The molecule has 0 fully saturated rings. The molecule has 0 saturated heterocycles. The zero-order valence-electron chi connectivity index (χ0n) is 9.49. The molecule has 90 valence electrons. The Labute approximate surface area is 98.3 Å². The van der Waals surface area contributed by atoms with Crippen LogP contribution >= 0.6 is 0 Å². The lowest BCUT2D eigenvalue weighted by Gasteiger charge is -2.06. The van der Waals surface area contributed by atoms with Gasteiger partial charge in [-0.3, -0.25) is 5.10 Å². The molecule has 17 heavy (non-hydrogen) atoms. The van der Waals surface area contributed by atoms with E-state index in [2.05, 4.69) is 20.8 Å². The van der Waals surface area contributed by atoms with Crippen LogP contribution in [0.25, 0.3) is 10.9 Å². The summed E-state index contributed by atoms with van der Waals surface area (Å²) >= 11 is 0. The van der Waals surface area contributed by atoms with E-state index in [4.69, 9.17) is 4.74 Å². The van der Waals surface area contributed by atoms with Crippen LogP contribution < -0.4 is 10.6 Å². The van der Waals surface area contributed by atoms with Crippen molar-refractivity contribution in [2.75, 3.05) is 25.6 Å². The number of amides is 2. The van der Waals surface area contributed by atoms with E-state index in [0.29, 0.717) is 13.2 Å². The predicted octanol–water partition coefficient (Wildman–Crippen LogP) is 1.33. The summed E-state index contributed by atoms with van der Waals surface area (Å²) in [5.41, 5.74) is 1.61. The molecule has 2 rings (SSSR count). The molecule has 0 unspecified atom stereocenters. The number of nitrogens with one attached hydrogen (secondary N) is 3. The molecule has 2 aromatic rings. The maximum absolute atomic E-state index is 11.5. The number of rotatable bonds is 4. The number of hydrogen-bond donors (Lipinski definition) is 3. The zero-order chi connectivity index (χ0) is 12.1. The Kier molecular flexibility index (Phi) is 3.56. The van der Waals surface area contributed by atoms with E-state index in [0.717, 1.165) is 16.6 Å². The largest absolute Gasteiger partial charge is 0.383 e. The Morgan fingerprint density at radius 3 is 3.24 bits per heavy atom. The minimum Gasteiger partial charge on any atom is -0.383 e. The van der Waals surface area contributed by atoms with Crippen LogP contribution in [0.1, 0.15) is 0 Å². The number of aromatic nitrogens is 2. The van der Waals surface area contributed by atoms with E-state index >= 15 is 0 Å². The fraction of sp³-hybridized carbons (Fsp3) is 0.273. The lowest BCUT2D eigenvalue weighted by molar-refractivity contribution is 0.198. The number of urea groups is 1. The molecule has 0 aliphatic carbocycles. The number of H-pyrrole nitrogens is 1. The smallest absolute Gasteiger partial charge is 0.319 e. The number of carbonyl (C=O) groups is 1. The molecule has 0 saturated carbocycles. The number of fused-ring (bicyclic) bond motifs is 1. The SMILES string of the molecule is COCCNC(=O)Nc1ccc2cn[nH]c2c1. The summed E-state index contributed by atoms with van der Waals surface area (Å²) in [6.07, 6.45) is 1.73. The van der Waals surface area contributed by atoms with Crippen LogP contribution in [0.4, 0.5) is 10.5 Å². The molecule has 2 amide bonds. The van der Waals surface area contributed by atoms with Gasteiger partial charge in [0, 0.05) is 24.7 Å². The zero-order valence-corrected chi connectivity index (χ0v) is 9.49. The van der Waals surface area contributed by atoms with Gasteiger partial charge in [-0.2, -0.15) is 5.10 Å². The minimum atomic E-state index is -0.249. The van der Waals surface area contributed by atoms with Crippen molar-refractivity contribution in [2.24, 2.45) is 0 Å². The van der Waals surface area contributed by atoms with Gasteiger partial charge in [0.2, 0.25) is 0 Å². The number of anilines is 1. The maximum atomic E-state index is 11.5. The first-order chi connectivity index (χ1) is 8.29. The van der Waals surface area contributed by atoms with Crippen molar-refractivity contribution >= 4 is 22.6 Å². The lowest BCUT2D eigenvalue weighted by atomic mass is 10.2. The van der Waals surface area contributed by atoms with Gasteiger partial charge in [-0.15, -0.1) is 0 Å². The van der Waals surface area contributed by atoms with Gasteiger partial charge in [0.05, 0.1) is 18.3 Å². The van der Waals surface area contributed by atoms with Gasteiger partial charge < -0.3 is 15.4 Å². The van der Waals surface area contributed by atoms with Crippen molar-refractivity contribution in [3.63, 3.8) is 0 Å². The van der Waals surface area contributed by atoms with E-state index in [9.17, 15) is 4.79 Å². The van der Waals surface area contributed by atoms with Crippen molar-refractivity contribution in [1.82, 2.24) is 15.5 Å². The minimum absolute atomic E-state index is 0.249. The molecule has 1 aromatic heterocycles. The fourth-order valence-electron chi connectivity index (χ4n) is 1.46. The highest BCUT2D eigenvalue weighted by Crippen LogP contribution is 2.16. The highest BCUT2D eigenvalue weighted by Gasteiger charge is 2.02. The Bertz CT molecular complexity index is 509. The van der Waals surface area contributed by atoms with Gasteiger partial charge in [-0.25, -0.2) is 4.79 Å². The Hall–Kier alpha value is -2.08. The van der Waals surface area contributed by atoms with Gasteiger partial charge in [0.15, 0.2) is 0 Å². The van der Waals surface area contributed by atoms with Crippen LogP contribution in [-0.2, 0) is 4.74 Å². The molecule has 0 aliphatic heterocycles. The molecule has 3 N–H and O–H groups in total. The third kappa shape index (κ3) is 2.94. The average Bonchev–Trinajstić information content (AvgIpc) is 2.76. The summed E-state index contributed by atoms with van der Waals surface area (Å²) in [7, 11) is 1.59. The number of methoxy groups -OCH3 is 1. The van der Waals surface area contributed by atoms with Crippen LogP contribution in [0.2, 0.25) is 0 Å². The van der Waals surface area contributed by atoms with Crippen molar-refractivity contribution in [2.45, 2.75) is 0 Å². The summed E-state index contributed by atoms with van der Waals surface area (Å²) in [4.78, 5) is 11.5. The highest BCUT2D eigenvalue weighted by molar-refractivity contribution is 5.92. The Morgan fingerprint density at radius 1 is 1.53 bits per heavy atom. The number of hydrogen-bond acceptors (Lipinski definition) is 3. The van der Waals surface area contributed by atoms with Crippen LogP contribution in [0.3, 0.4) is 0 Å². The fourth-order valence-corrected chi connectivity index (χ4v) is 1.46. The van der Waals surface area contributed by atoms with Gasteiger partial charge in [-0.1, -0.05) is 0 Å². The first-order valence-electron chi connectivity index (χ1n) is 5.26. The van der Waals surface area contributed by atoms with Crippen LogP contribution in [0.15, 0.2) is 24.4 Å².